The van der Waals surface area contributed by atoms with E-state index in [1.54, 1.807) is 33.8 Å². The van der Waals surface area contributed by atoms with Crippen molar-refractivity contribution in [2.24, 2.45) is 7.05 Å². The molecule has 1 aliphatic rings. The van der Waals surface area contributed by atoms with E-state index in [4.69, 9.17) is 9.52 Å². The van der Waals surface area contributed by atoms with Gasteiger partial charge in [0.2, 0.25) is 0 Å². The Hall–Kier alpha value is -4.81. The van der Waals surface area contributed by atoms with Gasteiger partial charge in [0.25, 0.3) is 0 Å². The summed E-state index contributed by atoms with van der Waals surface area (Å²) in [6, 6.07) is 16.4. The van der Waals surface area contributed by atoms with Gasteiger partial charge in [0.1, 0.15) is 29.6 Å². The predicted octanol–water partition coefficient (Wildman–Crippen LogP) is 5.12. The highest BCUT2D eigenvalue weighted by atomic mass is 19.2. The summed E-state index contributed by atoms with van der Waals surface area (Å²) in [5, 5.41) is 24.6. The fourth-order valence-electron chi connectivity index (χ4n) is 5.98. The predicted molar refractivity (Wildman–Crippen MR) is 160 cm³/mol. The third-order valence-electron chi connectivity index (χ3n) is 8.09. The highest BCUT2D eigenvalue weighted by Gasteiger charge is 2.45. The molecule has 6 rings (SSSR count). The number of benzene rings is 2. The third kappa shape index (κ3) is 5.73. The molecule has 228 valence electrons. The van der Waals surface area contributed by atoms with Gasteiger partial charge in [-0.1, -0.05) is 24.3 Å². The molecule has 10 nitrogen and oxygen atoms in total. The Balaban J connectivity index is 1.30. The number of aliphatic hydroxyl groups is 1. The van der Waals surface area contributed by atoms with Crippen molar-refractivity contribution in [2.75, 3.05) is 18.4 Å². The number of anilines is 1. The number of hydrogen-bond donors (Lipinski definition) is 3. The van der Waals surface area contributed by atoms with Gasteiger partial charge in [0, 0.05) is 43.4 Å². The van der Waals surface area contributed by atoms with Crippen LogP contribution in [0.25, 0.3) is 16.9 Å². The number of para-hydroxylation sites is 1. The molecule has 0 saturated carbocycles. The van der Waals surface area contributed by atoms with E-state index in [-0.39, 0.29) is 12.5 Å². The van der Waals surface area contributed by atoms with Crippen molar-refractivity contribution in [1.82, 2.24) is 29.8 Å². The van der Waals surface area contributed by atoms with Gasteiger partial charge in [-0.3, -0.25) is 14.9 Å². The molecule has 0 radical (unpaired) electrons. The van der Waals surface area contributed by atoms with Gasteiger partial charge < -0.3 is 14.8 Å². The van der Waals surface area contributed by atoms with Gasteiger partial charge >= 0.3 is 6.03 Å². The molecule has 0 spiro atoms. The van der Waals surface area contributed by atoms with Crippen LogP contribution in [0.4, 0.5) is 19.4 Å². The largest absolute Gasteiger partial charge is 0.462 e. The lowest BCUT2D eigenvalue weighted by atomic mass is 9.83. The van der Waals surface area contributed by atoms with Gasteiger partial charge in [-0.25, -0.2) is 18.3 Å². The number of hydrogen-bond acceptors (Lipinski definition) is 6. The minimum atomic E-state index is -0.948. The highest BCUT2D eigenvalue weighted by Crippen LogP contribution is 2.38. The van der Waals surface area contributed by atoms with Crippen LogP contribution in [-0.4, -0.2) is 54.2 Å². The van der Waals surface area contributed by atoms with E-state index in [0.717, 1.165) is 22.9 Å². The first-order chi connectivity index (χ1) is 21.1. The Morgan fingerprint density at radius 3 is 2.57 bits per heavy atom. The number of nitrogens with zero attached hydrogens (tertiary/aromatic N) is 5. The quantitative estimate of drug-likeness (QED) is 0.228. The van der Waals surface area contributed by atoms with Crippen LogP contribution in [0, 0.1) is 18.6 Å². The maximum Gasteiger partial charge on any atom is 0.320 e. The van der Waals surface area contributed by atoms with Gasteiger partial charge in [0.15, 0.2) is 11.6 Å². The molecule has 2 aromatic carbocycles. The summed E-state index contributed by atoms with van der Waals surface area (Å²) in [6.07, 6.45) is 3.58. The summed E-state index contributed by atoms with van der Waals surface area (Å²) in [5.41, 5.74) is 2.69. The van der Waals surface area contributed by atoms with Crippen LogP contribution in [0.15, 0.2) is 77.5 Å². The normalized spacial score (nSPS) is 18.5. The molecule has 1 saturated heterocycles. The Kier molecular flexibility index (Phi) is 7.78. The average Bonchev–Trinajstić information content (AvgIpc) is 3.78. The first-order valence-corrected chi connectivity index (χ1v) is 14.2. The fraction of sp³-hybridized carbons (Fsp3) is 0.281. The maximum atomic E-state index is 14.4. The Labute approximate surface area is 252 Å². The lowest BCUT2D eigenvalue weighted by molar-refractivity contribution is 0.223. The van der Waals surface area contributed by atoms with Crippen molar-refractivity contribution in [3.63, 3.8) is 0 Å². The number of carbonyl (C=O) groups excluding carboxylic acids is 1. The number of likely N-dealkylation sites (tertiary alicyclic amines) is 1. The number of aromatic nitrogens is 4. The number of aliphatic hydroxyl groups excluding tert-OH is 1. The topological polar surface area (TPSA) is 113 Å². The van der Waals surface area contributed by atoms with Crippen molar-refractivity contribution >= 4 is 11.8 Å². The second-order valence-electron chi connectivity index (χ2n) is 11.4. The molecule has 0 aliphatic carbocycles. The second kappa shape index (κ2) is 11.7. The molecular weight excluding hydrogens is 568 g/mol. The molecule has 5 aromatic rings. The smallest absolute Gasteiger partial charge is 0.320 e. The third-order valence-corrected chi connectivity index (χ3v) is 8.09. The summed E-state index contributed by atoms with van der Waals surface area (Å²) in [4.78, 5) is 15.9. The summed E-state index contributed by atoms with van der Waals surface area (Å²) < 4.78 is 37.3. The van der Waals surface area contributed by atoms with E-state index in [9.17, 15) is 18.7 Å². The maximum absolute atomic E-state index is 14.4. The molecule has 44 heavy (non-hydrogen) atoms. The SMILES string of the molecule is Cc1c(-c2cnn(C)c2)nn(-c2ccccc2)c1NC(=O)N[C@@]1(C)CN(Cc2ccc(CO)o2)C[C@H]1c1ccc(F)c(F)c1. The van der Waals surface area contributed by atoms with Crippen molar-refractivity contribution in [3.8, 4) is 16.9 Å². The number of urea groups is 1. The van der Waals surface area contributed by atoms with Crippen LogP contribution in [0.3, 0.4) is 0 Å². The van der Waals surface area contributed by atoms with Crippen molar-refractivity contribution in [3.05, 3.63) is 107 Å². The number of furan rings is 1. The van der Waals surface area contributed by atoms with E-state index in [1.165, 1.54) is 6.07 Å². The van der Waals surface area contributed by atoms with Crippen LogP contribution in [0.2, 0.25) is 0 Å². The Bertz CT molecular complexity index is 1800. The van der Waals surface area contributed by atoms with E-state index in [2.05, 4.69) is 20.6 Å². The van der Waals surface area contributed by atoms with Crippen LogP contribution >= 0.6 is 0 Å². The average molecular weight is 602 g/mol. The summed E-state index contributed by atoms with van der Waals surface area (Å²) in [5.74, 6) is -0.664. The standard InChI is InChI=1S/C32H33F2N7O3/c1-20-29(22-14-35-39(3)15-22)38-41(23-7-5-4-6-8-23)30(20)36-31(43)37-32(2)19-40(16-24-10-11-25(18-42)44-24)17-26(32)21-9-12-27(33)28(34)13-21/h4-15,26,42H,16-19H2,1-3H3,(H2,36,37,43)/t26-,32-/m0/s1. The molecule has 0 bridgehead atoms. The molecule has 1 fully saturated rings. The monoisotopic (exact) mass is 601 g/mol. The number of carbonyl (C=O) groups is 1. The van der Waals surface area contributed by atoms with Gasteiger partial charge in [-0.15, -0.1) is 0 Å². The first-order valence-electron chi connectivity index (χ1n) is 14.2. The van der Waals surface area contributed by atoms with Crippen LogP contribution in [-0.2, 0) is 20.2 Å². The first kappa shape index (κ1) is 29.3. The summed E-state index contributed by atoms with van der Waals surface area (Å²) in [7, 11) is 1.83. The highest BCUT2D eigenvalue weighted by molar-refractivity contribution is 5.91. The number of aryl methyl sites for hydroxylation is 1. The fourth-order valence-corrected chi connectivity index (χ4v) is 5.98. The zero-order chi connectivity index (χ0) is 31.0. The van der Waals surface area contributed by atoms with E-state index in [0.29, 0.717) is 48.2 Å². The molecule has 2 amide bonds. The summed E-state index contributed by atoms with van der Waals surface area (Å²) >= 11 is 0. The molecule has 12 heteroatoms. The van der Waals surface area contributed by atoms with Gasteiger partial charge in [-0.05, 0) is 55.8 Å². The Morgan fingerprint density at radius 1 is 1.11 bits per heavy atom. The molecule has 3 N–H and O–H groups in total. The minimum absolute atomic E-state index is 0.210. The van der Waals surface area contributed by atoms with Crippen molar-refractivity contribution in [1.29, 1.82) is 0 Å². The summed E-state index contributed by atoms with van der Waals surface area (Å²) in [6.45, 7) is 4.83. The molecular formula is C32H33F2N7O3. The number of rotatable bonds is 8. The van der Waals surface area contributed by atoms with Crippen molar-refractivity contribution < 1.29 is 23.1 Å². The van der Waals surface area contributed by atoms with Gasteiger partial charge in [0.05, 0.1) is 24.0 Å². The number of halogens is 2. The van der Waals surface area contributed by atoms with Crippen LogP contribution < -0.4 is 10.6 Å². The minimum Gasteiger partial charge on any atom is -0.462 e. The number of nitrogens with one attached hydrogen (secondary N) is 2. The zero-order valence-corrected chi connectivity index (χ0v) is 24.6. The van der Waals surface area contributed by atoms with E-state index < -0.39 is 23.2 Å². The number of amides is 2. The molecule has 4 heterocycles. The van der Waals surface area contributed by atoms with Crippen molar-refractivity contribution in [2.45, 2.75) is 38.5 Å². The van der Waals surface area contributed by atoms with Gasteiger partial charge in [-0.2, -0.15) is 10.2 Å². The lowest BCUT2D eigenvalue weighted by Gasteiger charge is -2.32. The van der Waals surface area contributed by atoms with Crippen LogP contribution in [0.5, 0.6) is 0 Å². The second-order valence-corrected chi connectivity index (χ2v) is 11.4. The molecule has 2 atom stereocenters. The zero-order valence-electron chi connectivity index (χ0n) is 24.6. The lowest BCUT2D eigenvalue weighted by Crippen LogP contribution is -2.52. The molecule has 1 aliphatic heterocycles. The van der Waals surface area contributed by atoms with Crippen LogP contribution in [0.1, 0.15) is 35.5 Å². The molecule has 0 unspecified atom stereocenters. The van der Waals surface area contributed by atoms with E-state index in [1.807, 2.05) is 57.4 Å². The Morgan fingerprint density at radius 2 is 1.89 bits per heavy atom. The molecule has 3 aromatic heterocycles. The van der Waals surface area contributed by atoms with E-state index >= 15 is 0 Å².